The predicted octanol–water partition coefficient (Wildman–Crippen LogP) is 3.70. The SMILES string of the molecule is COc1ccc(Cn2c(-c3cccc(P(=O)(O)O)c3)c(-c3cccc(P(=O)(O)O)c3)n(Cc3ccc(OC)cc3)c2=O)cc1. The van der Waals surface area contributed by atoms with Crippen molar-refractivity contribution >= 4 is 25.8 Å². The van der Waals surface area contributed by atoms with Crippen LogP contribution in [0.4, 0.5) is 0 Å². The maximum absolute atomic E-state index is 14.3. The van der Waals surface area contributed by atoms with Crippen molar-refractivity contribution in [2.75, 3.05) is 14.2 Å². The van der Waals surface area contributed by atoms with Crippen LogP contribution in [-0.4, -0.2) is 42.9 Å². The number of methoxy groups -OCH3 is 2. The Kier molecular flexibility index (Phi) is 8.81. The lowest BCUT2D eigenvalue weighted by Gasteiger charge is -2.15. The molecule has 0 aliphatic carbocycles. The summed E-state index contributed by atoms with van der Waals surface area (Å²) in [6, 6.07) is 25.7. The molecule has 0 aliphatic heterocycles. The molecule has 4 N–H and O–H groups in total. The smallest absolute Gasteiger partial charge is 0.356 e. The average molecular weight is 637 g/mol. The van der Waals surface area contributed by atoms with E-state index in [-0.39, 0.29) is 23.7 Å². The predicted molar refractivity (Wildman–Crippen MR) is 167 cm³/mol. The van der Waals surface area contributed by atoms with E-state index in [0.717, 1.165) is 11.1 Å². The molecule has 0 aliphatic rings. The molecule has 11 nitrogen and oxygen atoms in total. The average Bonchev–Trinajstić information content (AvgIpc) is 3.27. The molecule has 0 spiro atoms. The summed E-state index contributed by atoms with van der Waals surface area (Å²) >= 11 is 0. The molecule has 5 aromatic rings. The van der Waals surface area contributed by atoms with Crippen LogP contribution >= 0.6 is 15.2 Å². The molecule has 0 bridgehead atoms. The Morgan fingerprint density at radius 3 is 1.27 bits per heavy atom. The third-order valence-electron chi connectivity index (χ3n) is 7.14. The summed E-state index contributed by atoms with van der Waals surface area (Å²) in [4.78, 5) is 54.2. The molecule has 0 unspecified atom stereocenters. The highest BCUT2D eigenvalue weighted by molar-refractivity contribution is 7.60. The van der Waals surface area contributed by atoms with Crippen LogP contribution in [0.2, 0.25) is 0 Å². The zero-order chi connectivity index (χ0) is 31.6. The van der Waals surface area contributed by atoms with Gasteiger partial charge in [0.25, 0.3) is 0 Å². The van der Waals surface area contributed by atoms with Crippen LogP contribution in [0.1, 0.15) is 11.1 Å². The Labute approximate surface area is 252 Å². The second-order valence-electron chi connectivity index (χ2n) is 10.0. The lowest BCUT2D eigenvalue weighted by atomic mass is 10.0. The molecule has 0 amide bonds. The van der Waals surface area contributed by atoms with Crippen molar-refractivity contribution in [3.05, 3.63) is 119 Å². The van der Waals surface area contributed by atoms with Gasteiger partial charge in [0.05, 0.1) is 49.3 Å². The van der Waals surface area contributed by atoms with Gasteiger partial charge >= 0.3 is 20.9 Å². The minimum atomic E-state index is -4.66. The molecular weight excluding hydrogens is 606 g/mol. The molecule has 0 radical (unpaired) electrons. The van der Waals surface area contributed by atoms with E-state index in [9.17, 15) is 33.5 Å². The summed E-state index contributed by atoms with van der Waals surface area (Å²) in [6.07, 6.45) is 0. The molecule has 13 heteroatoms. The molecular formula is C31H30N2O9P2. The van der Waals surface area contributed by atoms with Crippen LogP contribution in [0.3, 0.4) is 0 Å². The van der Waals surface area contributed by atoms with Crippen LogP contribution in [0.5, 0.6) is 11.5 Å². The molecule has 1 heterocycles. The fraction of sp³-hybridized carbons (Fsp3) is 0.129. The number of ether oxygens (including phenoxy) is 2. The van der Waals surface area contributed by atoms with E-state index in [4.69, 9.17) is 9.47 Å². The highest BCUT2D eigenvalue weighted by Crippen LogP contribution is 2.39. The van der Waals surface area contributed by atoms with Gasteiger partial charge < -0.3 is 29.0 Å². The summed E-state index contributed by atoms with van der Waals surface area (Å²) in [6.45, 7) is 0.165. The molecule has 0 saturated carbocycles. The van der Waals surface area contributed by atoms with Crippen molar-refractivity contribution in [3.8, 4) is 34.0 Å². The largest absolute Gasteiger partial charge is 0.497 e. The third-order valence-corrected chi connectivity index (χ3v) is 9.04. The zero-order valence-corrected chi connectivity index (χ0v) is 25.6. The monoisotopic (exact) mass is 636 g/mol. The van der Waals surface area contributed by atoms with E-state index in [1.807, 2.05) is 0 Å². The first-order valence-corrected chi connectivity index (χ1v) is 16.5. The second kappa shape index (κ2) is 12.4. The van der Waals surface area contributed by atoms with Gasteiger partial charge in [-0.05, 0) is 59.7 Å². The van der Waals surface area contributed by atoms with E-state index in [1.54, 1.807) is 74.9 Å². The number of nitrogens with zero attached hydrogens (tertiary/aromatic N) is 2. The maximum atomic E-state index is 14.3. The van der Waals surface area contributed by atoms with E-state index in [1.165, 1.54) is 45.5 Å². The van der Waals surface area contributed by atoms with E-state index in [0.29, 0.717) is 34.0 Å². The minimum Gasteiger partial charge on any atom is -0.497 e. The van der Waals surface area contributed by atoms with Crippen molar-refractivity contribution in [2.24, 2.45) is 0 Å². The van der Waals surface area contributed by atoms with Crippen molar-refractivity contribution in [2.45, 2.75) is 13.1 Å². The molecule has 0 saturated heterocycles. The Morgan fingerprint density at radius 1 is 0.591 bits per heavy atom. The summed E-state index contributed by atoms with van der Waals surface area (Å²) < 4.78 is 38.0. The highest BCUT2D eigenvalue weighted by atomic mass is 31.2. The first-order valence-electron chi connectivity index (χ1n) is 13.3. The number of aromatic nitrogens is 2. The number of imidazole rings is 1. The van der Waals surface area contributed by atoms with Crippen LogP contribution in [0, 0.1) is 0 Å². The van der Waals surface area contributed by atoms with Gasteiger partial charge in [0, 0.05) is 11.1 Å². The Hall–Kier alpha value is -4.21. The van der Waals surface area contributed by atoms with Crippen molar-refractivity contribution < 1.29 is 38.2 Å². The van der Waals surface area contributed by atoms with Crippen molar-refractivity contribution in [3.63, 3.8) is 0 Å². The molecule has 0 atom stereocenters. The molecule has 0 fully saturated rings. The highest BCUT2D eigenvalue weighted by Gasteiger charge is 2.27. The number of benzene rings is 4. The Morgan fingerprint density at radius 2 is 0.955 bits per heavy atom. The maximum Gasteiger partial charge on any atom is 0.356 e. The van der Waals surface area contributed by atoms with Gasteiger partial charge in [-0.15, -0.1) is 0 Å². The van der Waals surface area contributed by atoms with Gasteiger partial charge in [-0.3, -0.25) is 18.3 Å². The zero-order valence-electron chi connectivity index (χ0n) is 23.8. The first-order chi connectivity index (χ1) is 20.9. The van der Waals surface area contributed by atoms with Crippen molar-refractivity contribution in [1.82, 2.24) is 9.13 Å². The van der Waals surface area contributed by atoms with Crippen LogP contribution in [0.15, 0.2) is 102 Å². The number of hydrogen-bond donors (Lipinski definition) is 4. The summed E-state index contributed by atoms with van der Waals surface area (Å²) in [5, 5.41) is -0.479. The van der Waals surface area contributed by atoms with Gasteiger partial charge in [0.15, 0.2) is 0 Å². The van der Waals surface area contributed by atoms with Gasteiger partial charge in [-0.25, -0.2) is 4.79 Å². The van der Waals surface area contributed by atoms with Gasteiger partial charge in [0.1, 0.15) is 11.5 Å². The van der Waals surface area contributed by atoms with Gasteiger partial charge in [-0.1, -0.05) is 48.5 Å². The van der Waals surface area contributed by atoms with Gasteiger partial charge in [0.2, 0.25) is 0 Å². The molecule has 4 aromatic carbocycles. The van der Waals surface area contributed by atoms with Crippen LogP contribution < -0.4 is 25.8 Å². The van der Waals surface area contributed by atoms with Crippen molar-refractivity contribution in [1.29, 1.82) is 0 Å². The lowest BCUT2D eigenvalue weighted by molar-refractivity contribution is 0.385. The topological polar surface area (TPSA) is 160 Å². The quantitative estimate of drug-likeness (QED) is 0.168. The third kappa shape index (κ3) is 6.64. The Bertz CT molecular complexity index is 1810. The van der Waals surface area contributed by atoms with E-state index in [2.05, 4.69) is 0 Å². The number of hydrogen-bond acceptors (Lipinski definition) is 5. The summed E-state index contributed by atoms with van der Waals surface area (Å²) in [5.74, 6) is 1.25. The molecule has 44 heavy (non-hydrogen) atoms. The van der Waals surface area contributed by atoms with Crippen LogP contribution in [-0.2, 0) is 22.2 Å². The summed E-state index contributed by atoms with van der Waals surface area (Å²) in [5.41, 5.74) is 2.36. The molecule has 1 aromatic heterocycles. The lowest BCUT2D eigenvalue weighted by Crippen LogP contribution is -2.26. The fourth-order valence-electron chi connectivity index (χ4n) is 4.97. The van der Waals surface area contributed by atoms with Crippen LogP contribution in [0.25, 0.3) is 22.5 Å². The van der Waals surface area contributed by atoms with Gasteiger partial charge in [-0.2, -0.15) is 0 Å². The van der Waals surface area contributed by atoms with E-state index < -0.39 is 20.9 Å². The summed E-state index contributed by atoms with van der Waals surface area (Å²) in [7, 11) is -6.24. The normalized spacial score (nSPS) is 11.9. The standard InChI is InChI=1S/C31H30N2O9P2/c1-41-25-13-9-21(10-14-25)19-32-29(23-5-3-7-27(17-23)43(35,36)37)30(24-6-4-8-28(18-24)44(38,39)40)33(31(32)34)20-22-11-15-26(42-2)16-12-22/h3-18H,19-20H2,1-2H3,(H2,35,36,37)(H2,38,39,40). The Balaban J connectivity index is 1.83. The fourth-order valence-corrected chi connectivity index (χ4v) is 6.14. The molecule has 228 valence electrons. The molecule has 5 rings (SSSR count). The van der Waals surface area contributed by atoms with E-state index >= 15 is 0 Å². The first kappa shape index (κ1) is 31.2. The minimum absolute atomic E-state index is 0.0824. The number of rotatable bonds is 10. The second-order valence-corrected chi connectivity index (χ2v) is 13.2.